The van der Waals surface area contributed by atoms with Crippen LogP contribution < -0.4 is 0 Å². The zero-order chi connectivity index (χ0) is 14.8. The first-order valence-corrected chi connectivity index (χ1v) is 7.61. The van der Waals surface area contributed by atoms with Crippen LogP contribution in [0.25, 0.3) is 0 Å². The highest BCUT2D eigenvalue weighted by Crippen LogP contribution is 2.41. The summed E-state index contributed by atoms with van der Waals surface area (Å²) in [5.74, 6) is 0.526. The first-order chi connectivity index (χ1) is 8.57. The van der Waals surface area contributed by atoms with Crippen LogP contribution in [0.1, 0.15) is 54.9 Å². The fourth-order valence-electron chi connectivity index (χ4n) is 2.96. The number of rotatable bonds is 2. The van der Waals surface area contributed by atoms with Gasteiger partial charge in [-0.15, -0.1) is 0 Å². The number of ether oxygens (including phenoxy) is 1. The Balaban J connectivity index is 3.04. The van der Waals surface area contributed by atoms with Crippen molar-refractivity contribution in [2.24, 2.45) is 16.7 Å². The Morgan fingerprint density at radius 1 is 1.16 bits per heavy atom. The second-order valence-corrected chi connectivity index (χ2v) is 8.08. The van der Waals surface area contributed by atoms with Crippen molar-refractivity contribution in [3.8, 4) is 0 Å². The van der Waals surface area contributed by atoms with Crippen LogP contribution in [0.3, 0.4) is 0 Å². The number of hydrogen-bond donors (Lipinski definition) is 0. The lowest BCUT2D eigenvalue weighted by atomic mass is 9.69. The molecule has 0 saturated carbocycles. The van der Waals surface area contributed by atoms with Crippen molar-refractivity contribution in [3.05, 3.63) is 12.3 Å². The molecule has 0 aromatic heterocycles. The molecule has 0 bridgehead atoms. The highest BCUT2D eigenvalue weighted by molar-refractivity contribution is 5.02. The molecule has 1 aliphatic heterocycles. The third kappa shape index (κ3) is 4.24. The van der Waals surface area contributed by atoms with Crippen molar-refractivity contribution in [2.75, 3.05) is 19.7 Å². The van der Waals surface area contributed by atoms with Crippen LogP contribution in [0.5, 0.6) is 0 Å². The molecule has 0 amide bonds. The molecule has 1 aliphatic rings. The number of hydrogen-bond acceptors (Lipinski definition) is 2. The molecule has 2 atom stereocenters. The van der Waals surface area contributed by atoms with Crippen molar-refractivity contribution < 1.29 is 4.74 Å². The van der Waals surface area contributed by atoms with E-state index in [0.29, 0.717) is 12.5 Å². The van der Waals surface area contributed by atoms with Crippen LogP contribution in [0.2, 0.25) is 0 Å². The van der Waals surface area contributed by atoms with Crippen molar-refractivity contribution in [1.29, 1.82) is 0 Å². The van der Waals surface area contributed by atoms with Crippen molar-refractivity contribution >= 4 is 0 Å². The van der Waals surface area contributed by atoms with E-state index in [1.54, 1.807) is 0 Å². The summed E-state index contributed by atoms with van der Waals surface area (Å²) >= 11 is 0. The average Bonchev–Trinajstić information content (AvgIpc) is 2.38. The average molecular weight is 267 g/mol. The summed E-state index contributed by atoms with van der Waals surface area (Å²) in [5.41, 5.74) is 1.55. The fraction of sp³-hybridized carbons (Fsp3) is 0.882. The van der Waals surface area contributed by atoms with E-state index in [-0.39, 0.29) is 16.9 Å². The van der Waals surface area contributed by atoms with Crippen molar-refractivity contribution in [2.45, 2.75) is 61.0 Å². The second kappa shape index (κ2) is 5.87. The third-order valence-electron chi connectivity index (χ3n) is 4.12. The summed E-state index contributed by atoms with van der Waals surface area (Å²) in [4.78, 5) is 2.43. The van der Waals surface area contributed by atoms with Gasteiger partial charge in [0.05, 0.1) is 12.7 Å². The monoisotopic (exact) mass is 267 g/mol. The van der Waals surface area contributed by atoms with Gasteiger partial charge in [0.15, 0.2) is 0 Å². The van der Waals surface area contributed by atoms with Crippen molar-refractivity contribution in [3.63, 3.8) is 0 Å². The van der Waals surface area contributed by atoms with Gasteiger partial charge in [-0.3, -0.25) is 0 Å². The lowest BCUT2D eigenvalue weighted by molar-refractivity contribution is -0.0670. The largest absolute Gasteiger partial charge is 0.373 e. The van der Waals surface area contributed by atoms with E-state index < -0.39 is 0 Å². The van der Waals surface area contributed by atoms with Crippen molar-refractivity contribution in [1.82, 2.24) is 4.90 Å². The Kier molecular flexibility index (Phi) is 5.11. The maximum absolute atomic E-state index is 6.25. The molecule has 112 valence electrons. The Bertz CT molecular complexity index is 308. The molecule has 2 unspecified atom stereocenters. The van der Waals surface area contributed by atoms with Crippen LogP contribution in [0.15, 0.2) is 12.3 Å². The highest BCUT2D eigenvalue weighted by Gasteiger charge is 2.42. The molecule has 19 heavy (non-hydrogen) atoms. The van der Waals surface area contributed by atoms with Gasteiger partial charge in [0.25, 0.3) is 0 Å². The van der Waals surface area contributed by atoms with E-state index >= 15 is 0 Å². The predicted molar refractivity (Wildman–Crippen MR) is 83.1 cm³/mol. The van der Waals surface area contributed by atoms with E-state index in [2.05, 4.69) is 59.9 Å². The molecule has 2 nitrogen and oxygen atoms in total. The first kappa shape index (κ1) is 16.6. The molecule has 0 spiro atoms. The van der Waals surface area contributed by atoms with Gasteiger partial charge in [0, 0.05) is 24.7 Å². The Morgan fingerprint density at radius 2 is 1.74 bits per heavy atom. The molecule has 2 heteroatoms. The standard InChI is InChI=1S/C17H33NO/c1-9-10-18-11-14(16(3,4)5)15(17(6,7)8)19-12-13(18)2/h14-15H,2,9-12H2,1,3-8H3. The van der Waals surface area contributed by atoms with Gasteiger partial charge < -0.3 is 9.64 Å². The molecular formula is C17H33NO. The predicted octanol–water partition coefficient (Wildman–Crippen LogP) is 4.32. The van der Waals surface area contributed by atoms with Crippen LogP contribution in [-0.4, -0.2) is 30.7 Å². The molecule has 1 rings (SSSR count). The highest BCUT2D eigenvalue weighted by atomic mass is 16.5. The molecule has 0 aliphatic carbocycles. The maximum Gasteiger partial charge on any atom is 0.0862 e. The van der Waals surface area contributed by atoms with Gasteiger partial charge in [-0.2, -0.15) is 0 Å². The minimum absolute atomic E-state index is 0.167. The normalized spacial score (nSPS) is 26.5. The van der Waals surface area contributed by atoms with Gasteiger partial charge in [0.1, 0.15) is 0 Å². The van der Waals surface area contributed by atoms with Gasteiger partial charge in [-0.05, 0) is 17.3 Å². The Morgan fingerprint density at radius 3 is 2.16 bits per heavy atom. The van der Waals surface area contributed by atoms with E-state index in [0.717, 1.165) is 25.2 Å². The molecule has 0 radical (unpaired) electrons. The summed E-state index contributed by atoms with van der Waals surface area (Å²) in [6.45, 7) is 23.1. The van der Waals surface area contributed by atoms with Crippen LogP contribution in [0, 0.1) is 16.7 Å². The Labute approximate surface area is 120 Å². The third-order valence-corrected chi connectivity index (χ3v) is 4.12. The summed E-state index contributed by atoms with van der Waals surface area (Å²) in [5, 5.41) is 0. The minimum Gasteiger partial charge on any atom is -0.373 e. The lowest BCUT2D eigenvalue weighted by Gasteiger charge is -2.43. The second-order valence-electron chi connectivity index (χ2n) is 8.08. The Hall–Kier alpha value is -0.500. The summed E-state index contributed by atoms with van der Waals surface area (Å²) in [6, 6.07) is 0. The van der Waals surface area contributed by atoms with Crippen LogP contribution >= 0.6 is 0 Å². The summed E-state index contributed by atoms with van der Waals surface area (Å²) < 4.78 is 6.25. The molecule has 1 saturated heterocycles. The fourth-order valence-corrected chi connectivity index (χ4v) is 2.96. The van der Waals surface area contributed by atoms with Gasteiger partial charge in [-0.1, -0.05) is 55.0 Å². The minimum atomic E-state index is 0.167. The smallest absolute Gasteiger partial charge is 0.0862 e. The summed E-state index contributed by atoms with van der Waals surface area (Å²) in [6.07, 6.45) is 1.45. The SMILES string of the molecule is C=C1COC(C(C)(C)C)C(C(C)(C)C)CN1CCC. The molecule has 1 fully saturated rings. The van der Waals surface area contributed by atoms with Gasteiger partial charge in [-0.25, -0.2) is 0 Å². The quantitative estimate of drug-likeness (QED) is 0.739. The summed E-state index contributed by atoms with van der Waals surface area (Å²) in [7, 11) is 0. The lowest BCUT2D eigenvalue weighted by Crippen LogP contribution is -2.45. The van der Waals surface area contributed by atoms with Gasteiger partial charge >= 0.3 is 0 Å². The number of nitrogens with zero attached hydrogens (tertiary/aromatic N) is 1. The van der Waals surface area contributed by atoms with E-state index in [9.17, 15) is 0 Å². The topological polar surface area (TPSA) is 12.5 Å². The van der Waals surface area contributed by atoms with E-state index in [1.807, 2.05) is 0 Å². The molecule has 0 N–H and O–H groups in total. The van der Waals surface area contributed by atoms with Crippen LogP contribution in [0.4, 0.5) is 0 Å². The van der Waals surface area contributed by atoms with E-state index in [4.69, 9.17) is 4.74 Å². The molecule has 0 aromatic rings. The molecule has 1 heterocycles. The first-order valence-electron chi connectivity index (χ1n) is 7.61. The zero-order valence-electron chi connectivity index (χ0n) is 14.0. The van der Waals surface area contributed by atoms with E-state index in [1.165, 1.54) is 0 Å². The maximum atomic E-state index is 6.25. The van der Waals surface area contributed by atoms with Gasteiger partial charge in [0.2, 0.25) is 0 Å². The van der Waals surface area contributed by atoms with Crippen LogP contribution in [-0.2, 0) is 4.74 Å². The zero-order valence-corrected chi connectivity index (χ0v) is 14.0. The molecular weight excluding hydrogens is 234 g/mol. The molecule has 0 aromatic carbocycles.